The summed E-state index contributed by atoms with van der Waals surface area (Å²) >= 11 is 0. The van der Waals surface area contributed by atoms with Crippen LogP contribution >= 0.6 is 0 Å². The fourth-order valence-corrected chi connectivity index (χ4v) is 0.707. The molecular formula is C8H15NO2. The van der Waals surface area contributed by atoms with Crippen LogP contribution in [0.3, 0.4) is 0 Å². The SMILES string of the molecule is CC/C(C)=C(\CO)NC(C)=O. The average molecular weight is 157 g/mol. The van der Waals surface area contributed by atoms with Crippen LogP contribution in [0.4, 0.5) is 0 Å². The van der Waals surface area contributed by atoms with Gasteiger partial charge in [-0.3, -0.25) is 4.79 Å². The highest BCUT2D eigenvalue weighted by Crippen LogP contribution is 2.03. The Bertz CT molecular complexity index is 173. The zero-order valence-corrected chi connectivity index (χ0v) is 7.27. The first kappa shape index (κ1) is 10.2. The van der Waals surface area contributed by atoms with Gasteiger partial charge in [0, 0.05) is 12.6 Å². The topological polar surface area (TPSA) is 49.3 Å². The third kappa shape index (κ3) is 3.78. The zero-order chi connectivity index (χ0) is 8.85. The molecule has 3 heteroatoms. The second-order valence-electron chi connectivity index (χ2n) is 2.45. The van der Waals surface area contributed by atoms with Crippen LogP contribution in [0.2, 0.25) is 0 Å². The van der Waals surface area contributed by atoms with E-state index in [9.17, 15) is 4.79 Å². The Hall–Kier alpha value is -0.830. The Morgan fingerprint density at radius 2 is 2.00 bits per heavy atom. The molecule has 0 saturated carbocycles. The second kappa shape index (κ2) is 4.91. The largest absolute Gasteiger partial charge is 0.390 e. The highest BCUT2D eigenvalue weighted by Gasteiger charge is 2.00. The van der Waals surface area contributed by atoms with Crippen LogP contribution in [0.1, 0.15) is 27.2 Å². The van der Waals surface area contributed by atoms with Crippen LogP contribution in [0.25, 0.3) is 0 Å². The molecule has 3 nitrogen and oxygen atoms in total. The Kier molecular flexibility index (Phi) is 4.54. The summed E-state index contributed by atoms with van der Waals surface area (Å²) in [6.07, 6.45) is 0.843. The molecule has 0 heterocycles. The first-order chi connectivity index (χ1) is 5.11. The molecule has 0 aromatic rings. The summed E-state index contributed by atoms with van der Waals surface area (Å²) in [5.41, 5.74) is 1.64. The lowest BCUT2D eigenvalue weighted by atomic mass is 10.2. The van der Waals surface area contributed by atoms with Crippen molar-refractivity contribution >= 4 is 5.91 Å². The Morgan fingerprint density at radius 1 is 1.45 bits per heavy atom. The smallest absolute Gasteiger partial charge is 0.221 e. The van der Waals surface area contributed by atoms with Gasteiger partial charge in [-0.05, 0) is 13.3 Å². The Labute approximate surface area is 67.1 Å². The number of rotatable bonds is 3. The molecule has 0 aliphatic carbocycles. The quantitative estimate of drug-likeness (QED) is 0.636. The van der Waals surface area contributed by atoms with Crippen molar-refractivity contribution in [3.63, 3.8) is 0 Å². The van der Waals surface area contributed by atoms with Crippen LogP contribution < -0.4 is 5.32 Å². The van der Waals surface area contributed by atoms with E-state index in [0.29, 0.717) is 5.70 Å². The maximum absolute atomic E-state index is 10.6. The van der Waals surface area contributed by atoms with E-state index in [0.717, 1.165) is 12.0 Å². The van der Waals surface area contributed by atoms with Crippen LogP contribution in [0, 0.1) is 0 Å². The minimum atomic E-state index is -0.137. The first-order valence-corrected chi connectivity index (χ1v) is 3.68. The summed E-state index contributed by atoms with van der Waals surface area (Å²) in [5, 5.41) is 11.4. The van der Waals surface area contributed by atoms with E-state index in [4.69, 9.17) is 5.11 Å². The van der Waals surface area contributed by atoms with Gasteiger partial charge in [-0.2, -0.15) is 0 Å². The normalized spacial score (nSPS) is 12.4. The molecule has 0 atom stereocenters. The lowest BCUT2D eigenvalue weighted by molar-refractivity contribution is -0.118. The zero-order valence-electron chi connectivity index (χ0n) is 7.27. The van der Waals surface area contributed by atoms with Gasteiger partial charge in [0.15, 0.2) is 0 Å². The number of aliphatic hydroxyl groups is 1. The van der Waals surface area contributed by atoms with E-state index in [1.165, 1.54) is 6.92 Å². The van der Waals surface area contributed by atoms with Crippen molar-refractivity contribution in [1.29, 1.82) is 0 Å². The van der Waals surface area contributed by atoms with Crippen LogP contribution in [0.15, 0.2) is 11.3 Å². The molecule has 0 fully saturated rings. The molecule has 0 aromatic heterocycles. The molecule has 0 aliphatic rings. The van der Waals surface area contributed by atoms with E-state index in [2.05, 4.69) is 5.32 Å². The molecule has 0 saturated heterocycles. The maximum atomic E-state index is 10.6. The molecule has 0 spiro atoms. The minimum Gasteiger partial charge on any atom is -0.390 e. The molecular weight excluding hydrogens is 142 g/mol. The molecule has 0 aromatic carbocycles. The summed E-state index contributed by atoms with van der Waals surface area (Å²) < 4.78 is 0. The summed E-state index contributed by atoms with van der Waals surface area (Å²) in [6, 6.07) is 0. The molecule has 2 N–H and O–H groups in total. The Morgan fingerprint density at radius 3 is 2.27 bits per heavy atom. The number of amides is 1. The van der Waals surface area contributed by atoms with Crippen LogP contribution in [-0.2, 0) is 4.79 Å². The van der Waals surface area contributed by atoms with Crippen molar-refractivity contribution in [3.05, 3.63) is 11.3 Å². The van der Waals surface area contributed by atoms with Crippen molar-refractivity contribution in [2.45, 2.75) is 27.2 Å². The van der Waals surface area contributed by atoms with Gasteiger partial charge < -0.3 is 10.4 Å². The first-order valence-electron chi connectivity index (χ1n) is 3.68. The van der Waals surface area contributed by atoms with Crippen molar-refractivity contribution in [2.24, 2.45) is 0 Å². The molecule has 64 valence electrons. The monoisotopic (exact) mass is 157 g/mol. The molecule has 0 radical (unpaired) electrons. The van der Waals surface area contributed by atoms with E-state index < -0.39 is 0 Å². The third-order valence-corrected chi connectivity index (χ3v) is 1.53. The fourth-order valence-electron chi connectivity index (χ4n) is 0.707. The van der Waals surface area contributed by atoms with Gasteiger partial charge in [0.2, 0.25) is 5.91 Å². The summed E-state index contributed by atoms with van der Waals surface area (Å²) in [6.45, 7) is 5.20. The molecule has 0 unspecified atom stereocenters. The number of nitrogens with one attached hydrogen (secondary N) is 1. The molecule has 0 rings (SSSR count). The van der Waals surface area contributed by atoms with Gasteiger partial charge in [-0.15, -0.1) is 0 Å². The number of hydrogen-bond acceptors (Lipinski definition) is 2. The van der Waals surface area contributed by atoms with Gasteiger partial charge in [0.05, 0.1) is 6.61 Å². The predicted octanol–water partition coefficient (Wildman–Crippen LogP) is 0.799. The summed E-state index contributed by atoms with van der Waals surface area (Å²) in [7, 11) is 0. The van der Waals surface area contributed by atoms with Gasteiger partial charge >= 0.3 is 0 Å². The highest BCUT2D eigenvalue weighted by atomic mass is 16.3. The van der Waals surface area contributed by atoms with Crippen LogP contribution in [-0.4, -0.2) is 17.6 Å². The third-order valence-electron chi connectivity index (χ3n) is 1.53. The Balaban J connectivity index is 4.26. The molecule has 1 amide bonds. The minimum absolute atomic E-state index is 0.0980. The predicted molar refractivity (Wildman–Crippen MR) is 43.9 cm³/mol. The van der Waals surface area contributed by atoms with E-state index >= 15 is 0 Å². The van der Waals surface area contributed by atoms with Crippen LogP contribution in [0.5, 0.6) is 0 Å². The summed E-state index contributed by atoms with van der Waals surface area (Å²) in [5.74, 6) is -0.137. The van der Waals surface area contributed by atoms with Gasteiger partial charge in [-0.1, -0.05) is 12.5 Å². The molecule has 0 bridgehead atoms. The van der Waals surface area contributed by atoms with Crippen molar-refractivity contribution in [2.75, 3.05) is 6.61 Å². The number of allylic oxidation sites excluding steroid dienone is 1. The lowest BCUT2D eigenvalue weighted by Gasteiger charge is -2.07. The van der Waals surface area contributed by atoms with Gasteiger partial charge in [0.1, 0.15) is 0 Å². The van der Waals surface area contributed by atoms with Gasteiger partial charge in [-0.25, -0.2) is 0 Å². The number of carbonyl (C=O) groups is 1. The second-order valence-corrected chi connectivity index (χ2v) is 2.45. The maximum Gasteiger partial charge on any atom is 0.221 e. The average Bonchev–Trinajstić information content (AvgIpc) is 1.98. The van der Waals surface area contributed by atoms with E-state index in [1.54, 1.807) is 0 Å². The van der Waals surface area contributed by atoms with E-state index in [-0.39, 0.29) is 12.5 Å². The number of carbonyl (C=O) groups excluding carboxylic acids is 1. The van der Waals surface area contributed by atoms with Crippen molar-refractivity contribution in [1.82, 2.24) is 5.32 Å². The lowest BCUT2D eigenvalue weighted by Crippen LogP contribution is -2.22. The highest BCUT2D eigenvalue weighted by molar-refractivity contribution is 5.75. The molecule has 0 aliphatic heterocycles. The number of aliphatic hydroxyl groups excluding tert-OH is 1. The summed E-state index contributed by atoms with van der Waals surface area (Å²) in [4.78, 5) is 10.6. The number of hydrogen-bond donors (Lipinski definition) is 2. The van der Waals surface area contributed by atoms with Crippen molar-refractivity contribution < 1.29 is 9.90 Å². The van der Waals surface area contributed by atoms with E-state index in [1.807, 2.05) is 13.8 Å². The fraction of sp³-hybridized carbons (Fsp3) is 0.625. The standard InChI is InChI=1S/C8H15NO2/c1-4-6(2)8(5-10)9-7(3)11/h10H,4-5H2,1-3H3,(H,9,11)/b8-6+. The van der Waals surface area contributed by atoms with Gasteiger partial charge in [0.25, 0.3) is 0 Å². The molecule has 11 heavy (non-hydrogen) atoms. The van der Waals surface area contributed by atoms with Crippen molar-refractivity contribution in [3.8, 4) is 0 Å².